The normalized spacial score (nSPS) is 20.3. The number of piperidine rings is 3. The number of thiazole rings is 1. The van der Waals surface area contributed by atoms with Gasteiger partial charge in [-0.15, -0.1) is 11.3 Å². The number of aryl methyl sites for hydroxylation is 1. The van der Waals surface area contributed by atoms with Crippen LogP contribution in [0, 0.1) is 24.6 Å². The van der Waals surface area contributed by atoms with E-state index in [0.29, 0.717) is 42.3 Å². The number of β-amino-alcohol motifs (C(OH)–C–C–N with tert-alkyl or cyclic N) is 1. The summed E-state index contributed by atoms with van der Waals surface area (Å²) < 4.78 is 21.8. The molecule has 408 valence electrons. The van der Waals surface area contributed by atoms with Crippen molar-refractivity contribution in [3.8, 4) is 16.2 Å². The van der Waals surface area contributed by atoms with Crippen molar-refractivity contribution in [2.24, 2.45) is 17.6 Å². The Balaban J connectivity index is 0.671. The first kappa shape index (κ1) is 53.3. The summed E-state index contributed by atoms with van der Waals surface area (Å²) in [5.41, 5.74) is 25.9. The number of para-hydroxylation sites is 1. The van der Waals surface area contributed by atoms with E-state index in [-0.39, 0.29) is 65.5 Å². The molecule has 6 aromatic rings. The van der Waals surface area contributed by atoms with Gasteiger partial charge in [-0.2, -0.15) is 5.10 Å². The van der Waals surface area contributed by atoms with E-state index in [0.717, 1.165) is 105 Å². The average molecular weight is 1070 g/mol. The summed E-state index contributed by atoms with van der Waals surface area (Å²) >= 11 is 1.59. The van der Waals surface area contributed by atoms with E-state index in [1.807, 2.05) is 75.9 Å². The zero-order valence-electron chi connectivity index (χ0n) is 44.3. The largest absolute Gasteiger partial charge is 0.504 e. The van der Waals surface area contributed by atoms with Crippen LogP contribution in [-0.4, -0.2) is 126 Å². The first-order valence-corrected chi connectivity index (χ1v) is 27.9. The van der Waals surface area contributed by atoms with E-state index in [4.69, 9.17) is 31.7 Å². The summed E-state index contributed by atoms with van der Waals surface area (Å²) in [6.07, 6.45) is 10.5. The van der Waals surface area contributed by atoms with E-state index < -0.39 is 29.6 Å². The molecule has 0 radical (unpaired) electrons. The fourth-order valence-corrected chi connectivity index (χ4v) is 12.6. The van der Waals surface area contributed by atoms with E-state index in [1.54, 1.807) is 22.1 Å². The van der Waals surface area contributed by atoms with E-state index >= 15 is 0 Å². The standard InChI is InChI=1S/C56H71FN14O5S/c1-32(2)49(55(75)70-30-41(72)24-46(70)54(74)64-33(3)36-8-10-38(11-9-36)52-34(4)63-31-77-52)47-26-48(66-76-47)68-20-12-35(13-21-68)29-67-18-14-37(15-19-67)39-27-61-56(62-28-39)69-22-16-40(17-23-69)71-45(50(59)53(60)65-71)25-44(58)42-6-5-7-43(57)51(42)73/h5-11,25-28,31-33,35,37,40-41,46,49,72-73H,12-24,29-30,58-59H2,1-4H3,(H2,60,65)(H,64,74)/b44-25-/t33-,41+,46-,49?/m0/s1. The van der Waals surface area contributed by atoms with E-state index in [1.165, 1.54) is 22.6 Å². The first-order chi connectivity index (χ1) is 37.1. The number of likely N-dealkylation sites (tertiary alicyclic amines) is 2. The summed E-state index contributed by atoms with van der Waals surface area (Å²) in [4.78, 5) is 51.9. The highest BCUT2D eigenvalue weighted by Crippen LogP contribution is 2.37. The minimum Gasteiger partial charge on any atom is -0.504 e. The molecule has 9 N–H and O–H groups in total. The number of carbonyl (C=O) groups excluding carboxylic acids is 2. The van der Waals surface area contributed by atoms with Gasteiger partial charge in [0.25, 0.3) is 0 Å². The van der Waals surface area contributed by atoms with E-state index in [9.17, 15) is 24.2 Å². The zero-order valence-corrected chi connectivity index (χ0v) is 45.1. The van der Waals surface area contributed by atoms with Crippen molar-refractivity contribution in [2.45, 2.75) is 109 Å². The number of anilines is 4. The van der Waals surface area contributed by atoms with Crippen molar-refractivity contribution in [3.63, 3.8) is 0 Å². The number of phenols is 1. The van der Waals surface area contributed by atoms with Crippen molar-refractivity contribution in [1.29, 1.82) is 0 Å². The zero-order chi connectivity index (χ0) is 54.1. The number of hydrogen-bond acceptors (Lipinski definition) is 17. The van der Waals surface area contributed by atoms with Gasteiger partial charge in [-0.3, -0.25) is 14.3 Å². The molecule has 2 amide bonds. The van der Waals surface area contributed by atoms with Gasteiger partial charge in [-0.1, -0.05) is 49.3 Å². The summed E-state index contributed by atoms with van der Waals surface area (Å²) in [5, 5.41) is 33.2. The molecule has 77 heavy (non-hydrogen) atoms. The molecule has 21 heteroatoms. The summed E-state index contributed by atoms with van der Waals surface area (Å²) in [5.74, 6) is 0.380. The molecule has 4 aromatic heterocycles. The molecule has 0 bridgehead atoms. The fraction of sp³-hybridized carbons (Fsp3) is 0.482. The van der Waals surface area contributed by atoms with Crippen molar-refractivity contribution < 1.29 is 28.7 Å². The first-order valence-electron chi connectivity index (χ1n) is 27.0. The van der Waals surface area contributed by atoms with Gasteiger partial charge in [-0.25, -0.2) is 19.3 Å². The van der Waals surface area contributed by atoms with Gasteiger partial charge in [0.1, 0.15) is 17.6 Å². The molecule has 0 spiro atoms. The number of aromatic hydroxyl groups is 1. The maximum atomic E-state index is 14.4. The Morgan fingerprint density at radius 1 is 0.935 bits per heavy atom. The number of nitrogens with zero attached hydrogens (tertiary/aromatic N) is 10. The van der Waals surface area contributed by atoms with Crippen LogP contribution in [0.2, 0.25) is 0 Å². The summed E-state index contributed by atoms with van der Waals surface area (Å²) in [6, 6.07) is 13.0. The molecule has 1 unspecified atom stereocenters. The van der Waals surface area contributed by atoms with Gasteiger partial charge < -0.3 is 56.9 Å². The number of benzene rings is 2. The number of nitrogens with two attached hydrogens (primary N) is 3. The number of aliphatic hydroxyl groups is 1. The predicted octanol–water partition coefficient (Wildman–Crippen LogP) is 7.08. The third kappa shape index (κ3) is 11.5. The number of aliphatic hydroxyl groups excluding tert-OH is 1. The van der Waals surface area contributed by atoms with Crippen LogP contribution in [0.4, 0.5) is 27.7 Å². The third-order valence-electron chi connectivity index (χ3n) is 16.3. The van der Waals surface area contributed by atoms with Crippen LogP contribution >= 0.6 is 11.3 Å². The molecule has 4 fully saturated rings. The minimum atomic E-state index is -0.812. The molecule has 2 aromatic carbocycles. The predicted molar refractivity (Wildman–Crippen MR) is 296 cm³/mol. The van der Waals surface area contributed by atoms with Gasteiger partial charge in [0.05, 0.1) is 40.0 Å². The lowest BCUT2D eigenvalue weighted by atomic mass is 9.89. The van der Waals surface area contributed by atoms with Crippen LogP contribution < -0.4 is 32.3 Å². The Bertz CT molecular complexity index is 3050. The molecule has 8 heterocycles. The Kier molecular flexibility index (Phi) is 15.8. The number of amides is 2. The quantitative estimate of drug-likeness (QED) is 0.0601. The highest BCUT2D eigenvalue weighted by molar-refractivity contribution is 7.13. The van der Waals surface area contributed by atoms with Crippen LogP contribution in [0.15, 0.2) is 71.0 Å². The molecule has 4 atom stereocenters. The van der Waals surface area contributed by atoms with Crippen LogP contribution in [-0.2, 0) is 9.59 Å². The molecule has 19 nitrogen and oxygen atoms in total. The van der Waals surface area contributed by atoms with Crippen molar-refractivity contribution in [1.82, 2.24) is 45.0 Å². The van der Waals surface area contributed by atoms with Crippen LogP contribution in [0.3, 0.4) is 0 Å². The lowest BCUT2D eigenvalue weighted by Crippen LogP contribution is -2.48. The topological polar surface area (TPSA) is 260 Å². The Morgan fingerprint density at radius 2 is 1.64 bits per heavy atom. The molecule has 0 saturated carbocycles. The average Bonchev–Trinajstić information content (AvgIpc) is 4.25. The molecular weight excluding hydrogens is 1000 g/mol. The van der Waals surface area contributed by atoms with Crippen LogP contribution in [0.1, 0.15) is 123 Å². The number of carbonyl (C=O) groups is 2. The smallest absolute Gasteiger partial charge is 0.243 e. The molecule has 4 aliphatic rings. The van der Waals surface area contributed by atoms with Gasteiger partial charge in [-0.05, 0) is 118 Å². The second kappa shape index (κ2) is 22.9. The minimum absolute atomic E-state index is 0.0210. The lowest BCUT2D eigenvalue weighted by Gasteiger charge is -2.37. The second-order valence-corrected chi connectivity index (χ2v) is 22.6. The number of rotatable bonds is 15. The fourth-order valence-electron chi connectivity index (χ4n) is 11.7. The highest BCUT2D eigenvalue weighted by atomic mass is 32.1. The highest BCUT2D eigenvalue weighted by Gasteiger charge is 2.44. The maximum Gasteiger partial charge on any atom is 0.243 e. The third-order valence-corrected chi connectivity index (χ3v) is 17.2. The number of hydrogen-bond donors (Lipinski definition) is 6. The number of nitrogen functional groups attached to an aromatic ring is 2. The summed E-state index contributed by atoms with van der Waals surface area (Å²) in [7, 11) is 0. The molecular formula is C56H71FN14O5S. The molecule has 10 rings (SSSR count). The Hall–Kier alpha value is -7.10. The number of halogens is 1. The van der Waals surface area contributed by atoms with Gasteiger partial charge in [0, 0.05) is 75.4 Å². The van der Waals surface area contributed by atoms with Gasteiger partial charge >= 0.3 is 0 Å². The van der Waals surface area contributed by atoms with Gasteiger partial charge in [0.15, 0.2) is 29.0 Å². The lowest BCUT2D eigenvalue weighted by molar-refractivity contribution is -0.141. The maximum absolute atomic E-state index is 14.4. The summed E-state index contributed by atoms with van der Waals surface area (Å²) in [6.45, 7) is 14.1. The Morgan fingerprint density at radius 3 is 2.31 bits per heavy atom. The number of aromatic nitrogens is 6. The number of phenolic OH excluding ortho intramolecular Hbond substituents is 1. The van der Waals surface area contributed by atoms with Crippen molar-refractivity contribution >= 4 is 58.2 Å². The van der Waals surface area contributed by atoms with Crippen molar-refractivity contribution in [3.05, 3.63) is 106 Å². The number of nitrogens with one attached hydrogen (secondary N) is 1. The monoisotopic (exact) mass is 1070 g/mol. The second-order valence-electron chi connectivity index (χ2n) is 21.7. The van der Waals surface area contributed by atoms with Crippen LogP contribution in [0.5, 0.6) is 5.75 Å². The Labute approximate surface area is 452 Å². The molecule has 4 saturated heterocycles. The molecule has 4 aliphatic heterocycles. The SMILES string of the molecule is Cc1ncsc1-c1ccc([C@H](C)NC(=O)[C@@H]2C[C@@H](O)CN2C(=O)C(c2cc(N3CCC(CN4CCC(c5cnc(N6CCC(n7nc(N)c(N)c7/C=C(\N)c7cccc(F)c7O)CC6)nc5)CC4)CC3)no2)C(C)C)cc1. The van der Waals surface area contributed by atoms with Gasteiger partial charge in [0.2, 0.25) is 17.8 Å². The van der Waals surface area contributed by atoms with E-state index in [2.05, 4.69) is 35.3 Å². The van der Waals surface area contributed by atoms with Crippen LogP contribution in [0.25, 0.3) is 22.2 Å². The molecule has 0 aliphatic carbocycles. The van der Waals surface area contributed by atoms with Crippen molar-refractivity contribution in [2.75, 3.05) is 73.6 Å².